The Kier molecular flexibility index (Phi) is 7.25. The molecule has 34 heavy (non-hydrogen) atoms. The van der Waals surface area contributed by atoms with Gasteiger partial charge in [0.25, 0.3) is 0 Å². The number of hydrogen-bond donors (Lipinski definition) is 0. The Hall–Kier alpha value is -4.10. The number of hydrogen-bond acceptors (Lipinski definition) is 4. The van der Waals surface area contributed by atoms with E-state index in [9.17, 15) is 10.1 Å². The number of ether oxygens (including phenoxy) is 2. The Bertz CT molecular complexity index is 1310. The Morgan fingerprint density at radius 2 is 1.53 bits per heavy atom. The molecule has 3 atom stereocenters. The smallest absolute Gasteiger partial charge is 0.315 e. The van der Waals surface area contributed by atoms with Crippen LogP contribution in [-0.2, 0) is 9.53 Å². The molecule has 0 aliphatic rings. The number of fused-ring (bicyclic) bond motifs is 1. The molecule has 4 heteroatoms. The summed E-state index contributed by atoms with van der Waals surface area (Å²) in [5.74, 6) is 0.465. The molecular formula is C30H27NO3. The van der Waals surface area contributed by atoms with Gasteiger partial charge in [0.05, 0.1) is 5.92 Å². The maximum absolute atomic E-state index is 13.4. The number of benzene rings is 4. The fraction of sp³-hybridized carbons (Fsp3) is 0.200. The fourth-order valence-electron chi connectivity index (χ4n) is 4.06. The summed E-state index contributed by atoms with van der Waals surface area (Å²) in [5.41, 5.74) is 1.47. The molecular weight excluding hydrogens is 422 g/mol. The predicted molar refractivity (Wildman–Crippen MR) is 134 cm³/mol. The van der Waals surface area contributed by atoms with Gasteiger partial charge in [0.15, 0.2) is 0 Å². The van der Waals surface area contributed by atoms with E-state index in [1.165, 1.54) is 0 Å². The first-order valence-corrected chi connectivity index (χ1v) is 11.5. The molecule has 3 unspecified atom stereocenters. The molecule has 0 bridgehead atoms. The van der Waals surface area contributed by atoms with E-state index >= 15 is 0 Å². The van der Waals surface area contributed by atoms with Crippen LogP contribution in [0.5, 0.6) is 11.5 Å². The van der Waals surface area contributed by atoms with Gasteiger partial charge in [-0.25, -0.2) is 0 Å². The average Bonchev–Trinajstić information content (AvgIpc) is 2.88. The lowest BCUT2D eigenvalue weighted by atomic mass is 9.84. The van der Waals surface area contributed by atoms with Crippen LogP contribution < -0.4 is 4.74 Å². The molecule has 0 fully saturated rings. The lowest BCUT2D eigenvalue weighted by molar-refractivity contribution is -0.150. The highest BCUT2D eigenvalue weighted by Gasteiger charge is 2.30. The number of carbonyl (C=O) groups is 1. The van der Waals surface area contributed by atoms with Crippen molar-refractivity contribution in [1.29, 1.82) is 5.26 Å². The van der Waals surface area contributed by atoms with Crippen LogP contribution in [0.4, 0.5) is 0 Å². The van der Waals surface area contributed by atoms with Crippen molar-refractivity contribution in [1.82, 2.24) is 0 Å². The molecule has 0 radical (unpaired) electrons. The number of nitriles is 1. The Labute approximate surface area is 200 Å². The summed E-state index contributed by atoms with van der Waals surface area (Å²) in [4.78, 5) is 13.4. The maximum Gasteiger partial charge on any atom is 0.315 e. The van der Waals surface area contributed by atoms with Crippen LogP contribution in [0.25, 0.3) is 10.8 Å². The number of esters is 1. The zero-order valence-corrected chi connectivity index (χ0v) is 19.3. The van der Waals surface area contributed by atoms with Gasteiger partial charge in [-0.15, -0.1) is 0 Å². The van der Waals surface area contributed by atoms with Gasteiger partial charge in [0.1, 0.15) is 17.6 Å². The van der Waals surface area contributed by atoms with E-state index in [0.717, 1.165) is 22.8 Å². The van der Waals surface area contributed by atoms with E-state index in [-0.39, 0.29) is 5.92 Å². The molecule has 0 saturated heterocycles. The van der Waals surface area contributed by atoms with Gasteiger partial charge < -0.3 is 9.47 Å². The predicted octanol–water partition coefficient (Wildman–Crippen LogP) is 7.57. The molecule has 170 valence electrons. The SMILES string of the molecule is CCC(C)C(C(=O)OC(C#N)c1cccc(Oc2ccccc2)c1)c1ccc2ccccc2c1. The highest BCUT2D eigenvalue weighted by molar-refractivity contribution is 5.86. The van der Waals surface area contributed by atoms with Crippen molar-refractivity contribution in [3.63, 3.8) is 0 Å². The van der Waals surface area contributed by atoms with Gasteiger partial charge in [-0.2, -0.15) is 5.26 Å². The first kappa shape index (κ1) is 23.1. The number of nitrogens with zero attached hydrogens (tertiary/aromatic N) is 1. The summed E-state index contributed by atoms with van der Waals surface area (Å²) in [7, 11) is 0. The quantitative estimate of drug-likeness (QED) is 0.260. The van der Waals surface area contributed by atoms with Crippen molar-refractivity contribution < 1.29 is 14.3 Å². The van der Waals surface area contributed by atoms with Crippen LogP contribution in [0.3, 0.4) is 0 Å². The molecule has 0 N–H and O–H groups in total. The summed E-state index contributed by atoms with van der Waals surface area (Å²) in [6, 6.07) is 32.8. The minimum atomic E-state index is -1.03. The van der Waals surface area contributed by atoms with Crippen molar-refractivity contribution in [3.8, 4) is 17.6 Å². The van der Waals surface area contributed by atoms with Crippen LogP contribution >= 0.6 is 0 Å². The third-order valence-electron chi connectivity index (χ3n) is 6.09. The Morgan fingerprint density at radius 3 is 2.26 bits per heavy atom. The highest BCUT2D eigenvalue weighted by atomic mass is 16.5. The molecule has 4 aromatic carbocycles. The summed E-state index contributed by atoms with van der Waals surface area (Å²) in [5, 5.41) is 12.0. The van der Waals surface area contributed by atoms with Crippen LogP contribution in [0.15, 0.2) is 97.1 Å². The Balaban J connectivity index is 1.57. The molecule has 4 rings (SSSR count). The van der Waals surface area contributed by atoms with Gasteiger partial charge in [-0.1, -0.05) is 93.1 Å². The van der Waals surface area contributed by atoms with Crippen LogP contribution in [-0.4, -0.2) is 5.97 Å². The van der Waals surface area contributed by atoms with Gasteiger partial charge in [-0.3, -0.25) is 4.79 Å². The van der Waals surface area contributed by atoms with E-state index < -0.39 is 18.0 Å². The van der Waals surface area contributed by atoms with E-state index in [2.05, 4.69) is 13.0 Å². The first-order valence-electron chi connectivity index (χ1n) is 11.5. The molecule has 0 aliphatic heterocycles. The van der Waals surface area contributed by atoms with Crippen molar-refractivity contribution in [2.45, 2.75) is 32.3 Å². The molecule has 0 aromatic heterocycles. The molecule has 0 amide bonds. The zero-order valence-electron chi connectivity index (χ0n) is 19.3. The second kappa shape index (κ2) is 10.7. The van der Waals surface area contributed by atoms with E-state index in [0.29, 0.717) is 17.1 Å². The zero-order chi connectivity index (χ0) is 23.9. The monoisotopic (exact) mass is 449 g/mol. The summed E-state index contributed by atoms with van der Waals surface area (Å²) in [6.45, 7) is 4.09. The Morgan fingerprint density at radius 1 is 0.824 bits per heavy atom. The van der Waals surface area contributed by atoms with Crippen molar-refractivity contribution in [2.24, 2.45) is 5.92 Å². The first-order chi connectivity index (χ1) is 16.6. The van der Waals surface area contributed by atoms with Gasteiger partial charge in [-0.05, 0) is 46.5 Å². The lowest BCUT2D eigenvalue weighted by Crippen LogP contribution is -2.23. The standard InChI is InChI=1S/C30H27NO3/c1-3-21(2)29(25-17-16-22-10-7-8-11-23(22)18-25)30(32)34-28(20-31)24-12-9-15-27(19-24)33-26-13-5-4-6-14-26/h4-19,21,28-29H,3H2,1-2H3. The third kappa shape index (κ3) is 5.27. The molecule has 0 aliphatic carbocycles. The van der Waals surface area contributed by atoms with Crippen LogP contribution in [0.2, 0.25) is 0 Å². The number of para-hydroxylation sites is 1. The van der Waals surface area contributed by atoms with Crippen molar-refractivity contribution in [3.05, 3.63) is 108 Å². The minimum absolute atomic E-state index is 0.0563. The third-order valence-corrected chi connectivity index (χ3v) is 6.09. The average molecular weight is 450 g/mol. The van der Waals surface area contributed by atoms with E-state index in [1.54, 1.807) is 18.2 Å². The van der Waals surface area contributed by atoms with E-state index in [4.69, 9.17) is 9.47 Å². The molecule has 0 heterocycles. The molecule has 4 aromatic rings. The van der Waals surface area contributed by atoms with Gasteiger partial charge in [0.2, 0.25) is 6.10 Å². The van der Waals surface area contributed by atoms with Crippen LogP contribution in [0, 0.1) is 17.2 Å². The molecule has 0 spiro atoms. The number of rotatable bonds is 8. The summed E-state index contributed by atoms with van der Waals surface area (Å²) in [6.07, 6.45) is -0.219. The fourth-order valence-corrected chi connectivity index (χ4v) is 4.06. The molecule has 4 nitrogen and oxygen atoms in total. The summed E-state index contributed by atoms with van der Waals surface area (Å²) >= 11 is 0. The minimum Gasteiger partial charge on any atom is -0.457 e. The van der Waals surface area contributed by atoms with Crippen LogP contribution in [0.1, 0.15) is 43.4 Å². The van der Waals surface area contributed by atoms with Crippen molar-refractivity contribution in [2.75, 3.05) is 0 Å². The summed E-state index contributed by atoms with van der Waals surface area (Å²) < 4.78 is 11.7. The largest absolute Gasteiger partial charge is 0.457 e. The second-order valence-corrected chi connectivity index (χ2v) is 8.40. The van der Waals surface area contributed by atoms with Gasteiger partial charge >= 0.3 is 5.97 Å². The van der Waals surface area contributed by atoms with Gasteiger partial charge in [0, 0.05) is 5.56 Å². The normalized spacial score (nSPS) is 13.4. The van der Waals surface area contributed by atoms with E-state index in [1.807, 2.05) is 85.8 Å². The van der Waals surface area contributed by atoms with Crippen molar-refractivity contribution >= 4 is 16.7 Å². The molecule has 0 saturated carbocycles. The second-order valence-electron chi connectivity index (χ2n) is 8.40. The lowest BCUT2D eigenvalue weighted by Gasteiger charge is -2.24. The topological polar surface area (TPSA) is 59.3 Å². The highest BCUT2D eigenvalue weighted by Crippen LogP contribution is 2.33. The maximum atomic E-state index is 13.4. The number of carbonyl (C=O) groups excluding carboxylic acids is 1.